The lowest BCUT2D eigenvalue weighted by molar-refractivity contribution is -0.115. The van der Waals surface area contributed by atoms with Gasteiger partial charge in [-0.05, 0) is 48.0 Å². The van der Waals surface area contributed by atoms with E-state index in [4.69, 9.17) is 19.2 Å². The molecule has 0 atom stereocenters. The normalized spacial score (nSPS) is 10.5. The molecule has 0 aliphatic carbocycles. The number of rotatable bonds is 10. The van der Waals surface area contributed by atoms with Crippen LogP contribution in [-0.2, 0) is 4.79 Å². The Labute approximate surface area is 255 Å². The lowest BCUT2D eigenvalue weighted by Crippen LogP contribution is -2.27. The molecule has 4 aromatic carbocycles. The summed E-state index contributed by atoms with van der Waals surface area (Å²) in [5.41, 5.74) is 4.72. The van der Waals surface area contributed by atoms with E-state index < -0.39 is 0 Å². The van der Waals surface area contributed by atoms with Crippen LogP contribution < -0.4 is 19.1 Å². The summed E-state index contributed by atoms with van der Waals surface area (Å²) in [6.45, 7) is 0. The van der Waals surface area contributed by atoms with Crippen LogP contribution in [0.4, 0.5) is 11.4 Å². The maximum atomic E-state index is 13.8. The molecule has 5 rings (SSSR count). The smallest absolute Gasteiger partial charge is 0.241 e. The number of benzene rings is 4. The number of ether oxygens (including phenoxy) is 3. The number of carbonyl (C=O) groups is 1. The predicted molar refractivity (Wildman–Crippen MR) is 170 cm³/mol. The molecule has 1 amide bonds. The molecule has 0 saturated carbocycles. The topological polar surface area (TPSA) is 84.7 Å². The van der Waals surface area contributed by atoms with E-state index in [1.807, 2.05) is 97.1 Å². The van der Waals surface area contributed by atoms with Crippen LogP contribution in [0.2, 0.25) is 0 Å². The third kappa shape index (κ3) is 6.32. The minimum absolute atomic E-state index is 0.0540. The highest BCUT2D eigenvalue weighted by molar-refractivity contribution is 8.00. The van der Waals surface area contributed by atoms with Crippen molar-refractivity contribution in [2.45, 2.75) is 5.03 Å². The molecule has 8 heteroatoms. The van der Waals surface area contributed by atoms with E-state index in [-0.39, 0.29) is 11.7 Å². The molecule has 0 unspecified atom stereocenters. The van der Waals surface area contributed by atoms with Crippen LogP contribution in [0.5, 0.6) is 17.2 Å². The Bertz CT molecular complexity index is 1690. The van der Waals surface area contributed by atoms with Crippen LogP contribution in [-0.4, -0.2) is 38.0 Å². The maximum Gasteiger partial charge on any atom is 0.241 e. The first kappa shape index (κ1) is 29.2. The van der Waals surface area contributed by atoms with Gasteiger partial charge < -0.3 is 14.2 Å². The summed E-state index contributed by atoms with van der Waals surface area (Å²) in [4.78, 5) is 20.4. The molecule has 1 aromatic heterocycles. The Morgan fingerprint density at radius 1 is 0.767 bits per heavy atom. The largest absolute Gasteiger partial charge is 0.493 e. The van der Waals surface area contributed by atoms with Crippen molar-refractivity contribution in [1.29, 1.82) is 5.26 Å². The monoisotopic (exact) mass is 587 g/mol. The van der Waals surface area contributed by atoms with Gasteiger partial charge in [0, 0.05) is 22.5 Å². The standard InChI is InChI=1S/C35H29N3O4S/c1-40-31-19-25(20-32(41-2)34(31)42-3)28-21-30(24-13-7-4-8-14-24)37-35(29(28)22-36)43-23-33(39)38(26-15-9-5-10-16-26)27-17-11-6-12-18-27/h4-21H,23H2,1-3H3. The van der Waals surface area contributed by atoms with Gasteiger partial charge in [-0.25, -0.2) is 4.98 Å². The van der Waals surface area contributed by atoms with Gasteiger partial charge in [0.2, 0.25) is 11.7 Å². The second-order valence-electron chi connectivity index (χ2n) is 9.32. The zero-order valence-corrected chi connectivity index (χ0v) is 24.8. The molecule has 0 aliphatic heterocycles. The average Bonchev–Trinajstić information content (AvgIpc) is 3.07. The number of methoxy groups -OCH3 is 3. The summed E-state index contributed by atoms with van der Waals surface area (Å²) in [6, 6.07) is 36.5. The Kier molecular flexibility index (Phi) is 9.25. The van der Waals surface area contributed by atoms with Crippen LogP contribution in [0.25, 0.3) is 22.4 Å². The minimum Gasteiger partial charge on any atom is -0.493 e. The quantitative estimate of drug-likeness (QED) is 0.154. The second kappa shape index (κ2) is 13.6. The van der Waals surface area contributed by atoms with Crippen molar-refractivity contribution in [1.82, 2.24) is 4.98 Å². The van der Waals surface area contributed by atoms with Gasteiger partial charge in [-0.3, -0.25) is 9.69 Å². The third-order valence-electron chi connectivity index (χ3n) is 6.75. The van der Waals surface area contributed by atoms with Crippen LogP contribution in [0.15, 0.2) is 114 Å². The fourth-order valence-electron chi connectivity index (χ4n) is 4.74. The summed E-state index contributed by atoms with van der Waals surface area (Å²) >= 11 is 1.23. The number of nitriles is 1. The number of nitrogens with zero attached hydrogens (tertiary/aromatic N) is 3. The fourth-order valence-corrected chi connectivity index (χ4v) is 5.59. The third-order valence-corrected chi connectivity index (χ3v) is 7.71. The van der Waals surface area contributed by atoms with Crippen molar-refractivity contribution in [3.05, 3.63) is 115 Å². The minimum atomic E-state index is -0.146. The predicted octanol–water partition coefficient (Wildman–Crippen LogP) is 7.77. The van der Waals surface area contributed by atoms with Crippen molar-refractivity contribution in [2.24, 2.45) is 0 Å². The first-order valence-electron chi connectivity index (χ1n) is 13.4. The van der Waals surface area contributed by atoms with Crippen molar-refractivity contribution in [3.8, 4) is 45.7 Å². The summed E-state index contributed by atoms with van der Waals surface area (Å²) < 4.78 is 16.7. The first-order chi connectivity index (χ1) is 21.1. The van der Waals surface area contributed by atoms with Crippen LogP contribution >= 0.6 is 11.8 Å². The molecule has 5 aromatic rings. The Morgan fingerprint density at radius 3 is 1.79 bits per heavy atom. The van der Waals surface area contributed by atoms with Gasteiger partial charge in [0.25, 0.3) is 0 Å². The molecule has 7 nitrogen and oxygen atoms in total. The van der Waals surface area contributed by atoms with E-state index >= 15 is 0 Å². The van der Waals surface area contributed by atoms with Crippen molar-refractivity contribution >= 4 is 29.0 Å². The number of hydrogen-bond acceptors (Lipinski definition) is 7. The van der Waals surface area contributed by atoms with Crippen molar-refractivity contribution < 1.29 is 19.0 Å². The number of pyridine rings is 1. The second-order valence-corrected chi connectivity index (χ2v) is 10.3. The molecule has 0 bridgehead atoms. The van der Waals surface area contributed by atoms with E-state index in [1.54, 1.807) is 38.4 Å². The number of hydrogen-bond donors (Lipinski definition) is 0. The van der Waals surface area contributed by atoms with E-state index in [1.165, 1.54) is 11.8 Å². The summed E-state index contributed by atoms with van der Waals surface area (Å²) in [5, 5.41) is 10.9. The van der Waals surface area contributed by atoms with Gasteiger partial charge in [0.1, 0.15) is 11.1 Å². The van der Waals surface area contributed by atoms with Crippen LogP contribution in [0, 0.1) is 11.3 Å². The summed E-state index contributed by atoms with van der Waals surface area (Å²) in [5.74, 6) is 1.28. The molecule has 0 saturated heterocycles. The van der Waals surface area contributed by atoms with Gasteiger partial charge >= 0.3 is 0 Å². The summed E-state index contributed by atoms with van der Waals surface area (Å²) in [7, 11) is 4.64. The highest BCUT2D eigenvalue weighted by atomic mass is 32.2. The molecule has 1 heterocycles. The van der Waals surface area contributed by atoms with Gasteiger partial charge in [-0.15, -0.1) is 0 Å². The number of para-hydroxylation sites is 2. The molecule has 214 valence electrons. The number of thioether (sulfide) groups is 1. The number of carbonyl (C=O) groups excluding carboxylic acids is 1. The van der Waals surface area contributed by atoms with E-state index in [9.17, 15) is 10.1 Å². The zero-order chi connectivity index (χ0) is 30.2. The molecule has 0 fully saturated rings. The molecular formula is C35H29N3O4S. The van der Waals surface area contributed by atoms with Gasteiger partial charge in [-0.1, -0.05) is 78.5 Å². The molecular weight excluding hydrogens is 558 g/mol. The highest BCUT2D eigenvalue weighted by Gasteiger charge is 2.23. The lowest BCUT2D eigenvalue weighted by atomic mass is 9.98. The van der Waals surface area contributed by atoms with Gasteiger partial charge in [-0.2, -0.15) is 5.26 Å². The number of amides is 1. The van der Waals surface area contributed by atoms with Crippen molar-refractivity contribution in [2.75, 3.05) is 32.0 Å². The van der Waals surface area contributed by atoms with E-state index in [2.05, 4.69) is 6.07 Å². The fraction of sp³-hybridized carbons (Fsp3) is 0.114. The first-order valence-corrected chi connectivity index (χ1v) is 14.4. The van der Waals surface area contributed by atoms with Gasteiger partial charge in [0.05, 0.1) is 38.3 Å². The summed E-state index contributed by atoms with van der Waals surface area (Å²) in [6.07, 6.45) is 0. The Hall–Kier alpha value is -5.26. The highest BCUT2D eigenvalue weighted by Crippen LogP contribution is 2.43. The Morgan fingerprint density at radius 2 is 1.30 bits per heavy atom. The average molecular weight is 588 g/mol. The zero-order valence-electron chi connectivity index (χ0n) is 24.0. The van der Waals surface area contributed by atoms with E-state index in [0.29, 0.717) is 44.7 Å². The van der Waals surface area contributed by atoms with Crippen LogP contribution in [0.3, 0.4) is 0 Å². The number of anilines is 2. The molecule has 0 radical (unpaired) electrons. The maximum absolute atomic E-state index is 13.8. The SMILES string of the molecule is COc1cc(-c2cc(-c3ccccc3)nc(SCC(=O)N(c3ccccc3)c3ccccc3)c2C#N)cc(OC)c1OC. The molecule has 0 N–H and O–H groups in total. The molecule has 0 aliphatic rings. The molecule has 0 spiro atoms. The van der Waals surface area contributed by atoms with E-state index in [0.717, 1.165) is 16.9 Å². The Balaban J connectivity index is 1.60. The lowest BCUT2D eigenvalue weighted by Gasteiger charge is -2.23. The molecule has 43 heavy (non-hydrogen) atoms. The van der Waals surface area contributed by atoms with Crippen LogP contribution in [0.1, 0.15) is 5.56 Å². The van der Waals surface area contributed by atoms with Gasteiger partial charge in [0.15, 0.2) is 11.5 Å². The van der Waals surface area contributed by atoms with Crippen molar-refractivity contribution in [3.63, 3.8) is 0 Å². The number of aromatic nitrogens is 1.